The van der Waals surface area contributed by atoms with Crippen molar-refractivity contribution in [2.75, 3.05) is 32.1 Å². The average Bonchev–Trinajstić information content (AvgIpc) is 2.76. The van der Waals surface area contributed by atoms with Gasteiger partial charge in [-0.1, -0.05) is 25.4 Å². The van der Waals surface area contributed by atoms with Crippen LogP contribution in [0.25, 0.3) is 22.3 Å². The molecular formula is C24H31ClN4O. The summed E-state index contributed by atoms with van der Waals surface area (Å²) in [5.41, 5.74) is 1.77. The molecule has 1 heterocycles. The monoisotopic (exact) mass is 426 g/mol. The highest BCUT2D eigenvalue weighted by Crippen LogP contribution is 2.28. The zero-order valence-corrected chi connectivity index (χ0v) is 19.0. The molecule has 2 aromatic carbocycles. The van der Waals surface area contributed by atoms with Gasteiger partial charge in [-0.05, 0) is 81.9 Å². The molecule has 0 saturated heterocycles. The number of hydrogen-bond acceptors (Lipinski definition) is 5. The second kappa shape index (κ2) is 10.6. The highest BCUT2D eigenvalue weighted by Gasteiger charge is 2.13. The Kier molecular flexibility index (Phi) is 7.88. The van der Waals surface area contributed by atoms with E-state index in [4.69, 9.17) is 26.3 Å². The van der Waals surface area contributed by atoms with Gasteiger partial charge >= 0.3 is 0 Å². The van der Waals surface area contributed by atoms with Gasteiger partial charge in [0, 0.05) is 22.0 Å². The van der Waals surface area contributed by atoms with Gasteiger partial charge in [-0.3, -0.25) is 0 Å². The van der Waals surface area contributed by atoms with Crippen LogP contribution in [0.1, 0.15) is 33.6 Å². The van der Waals surface area contributed by atoms with Crippen LogP contribution in [0.2, 0.25) is 5.02 Å². The maximum absolute atomic E-state index is 6.24. The van der Waals surface area contributed by atoms with Crippen molar-refractivity contribution in [2.24, 2.45) is 0 Å². The second-order valence-corrected chi connectivity index (χ2v) is 7.94. The first-order valence-electron chi connectivity index (χ1n) is 10.6. The van der Waals surface area contributed by atoms with Gasteiger partial charge in [0.1, 0.15) is 11.6 Å². The second-order valence-electron chi connectivity index (χ2n) is 7.50. The minimum absolute atomic E-state index is 0.304. The summed E-state index contributed by atoms with van der Waals surface area (Å²) >= 11 is 6.24. The molecule has 0 aliphatic heterocycles. The Balaban J connectivity index is 1.84. The largest absolute Gasteiger partial charge is 0.497 e. The lowest BCUT2D eigenvalue weighted by Gasteiger charge is -2.20. The van der Waals surface area contributed by atoms with Crippen molar-refractivity contribution in [3.8, 4) is 17.1 Å². The molecule has 1 N–H and O–H groups in total. The van der Waals surface area contributed by atoms with Gasteiger partial charge in [-0.15, -0.1) is 0 Å². The topological polar surface area (TPSA) is 50.3 Å². The zero-order valence-electron chi connectivity index (χ0n) is 18.3. The molecule has 0 saturated carbocycles. The Morgan fingerprint density at radius 2 is 1.80 bits per heavy atom. The number of nitrogens with one attached hydrogen (secondary N) is 1. The zero-order chi connectivity index (χ0) is 21.5. The van der Waals surface area contributed by atoms with E-state index in [2.05, 4.69) is 31.0 Å². The molecule has 0 aliphatic carbocycles. The van der Waals surface area contributed by atoms with Crippen molar-refractivity contribution in [2.45, 2.75) is 39.7 Å². The lowest BCUT2D eigenvalue weighted by Crippen LogP contribution is -2.25. The van der Waals surface area contributed by atoms with Gasteiger partial charge in [0.2, 0.25) is 0 Å². The van der Waals surface area contributed by atoms with Crippen LogP contribution < -0.4 is 10.1 Å². The van der Waals surface area contributed by atoms with E-state index in [0.29, 0.717) is 16.9 Å². The van der Waals surface area contributed by atoms with Crippen LogP contribution in [0.5, 0.6) is 5.75 Å². The maximum atomic E-state index is 6.24. The van der Waals surface area contributed by atoms with E-state index in [1.165, 1.54) is 0 Å². The third kappa shape index (κ3) is 5.61. The molecule has 0 amide bonds. The van der Waals surface area contributed by atoms with Gasteiger partial charge < -0.3 is 15.0 Å². The predicted molar refractivity (Wildman–Crippen MR) is 127 cm³/mol. The number of halogens is 1. The summed E-state index contributed by atoms with van der Waals surface area (Å²) in [7, 11) is 1.66. The van der Waals surface area contributed by atoms with Crippen molar-refractivity contribution in [1.82, 2.24) is 14.9 Å². The maximum Gasteiger partial charge on any atom is 0.162 e. The van der Waals surface area contributed by atoms with Gasteiger partial charge in [0.25, 0.3) is 0 Å². The summed E-state index contributed by atoms with van der Waals surface area (Å²) in [6, 6.07) is 13.9. The smallest absolute Gasteiger partial charge is 0.162 e. The first-order valence-corrected chi connectivity index (χ1v) is 11.0. The number of fused-ring (bicyclic) bond motifs is 1. The summed E-state index contributed by atoms with van der Waals surface area (Å²) in [6.07, 6.45) is 2.23. The van der Waals surface area contributed by atoms with Crippen molar-refractivity contribution < 1.29 is 4.74 Å². The molecule has 0 spiro atoms. The molecule has 5 nitrogen and oxygen atoms in total. The number of rotatable bonds is 10. The van der Waals surface area contributed by atoms with Crippen molar-refractivity contribution in [3.63, 3.8) is 0 Å². The lowest BCUT2D eigenvalue weighted by atomic mass is 10.1. The fraction of sp³-hybridized carbons (Fsp3) is 0.417. The molecule has 0 bridgehead atoms. The Hall–Kier alpha value is -2.37. The number of aromatic nitrogens is 2. The number of hydrogen-bond donors (Lipinski definition) is 1. The first-order chi connectivity index (χ1) is 14.5. The third-order valence-electron chi connectivity index (χ3n) is 5.40. The minimum Gasteiger partial charge on any atom is -0.497 e. The summed E-state index contributed by atoms with van der Waals surface area (Å²) in [5, 5.41) is 5.26. The van der Waals surface area contributed by atoms with Crippen LogP contribution in [0.15, 0.2) is 42.5 Å². The molecule has 3 rings (SSSR count). The predicted octanol–water partition coefficient (Wildman–Crippen LogP) is 5.88. The Morgan fingerprint density at radius 3 is 2.47 bits per heavy atom. The van der Waals surface area contributed by atoms with E-state index in [0.717, 1.165) is 60.5 Å². The molecule has 30 heavy (non-hydrogen) atoms. The Bertz CT molecular complexity index is 957. The van der Waals surface area contributed by atoms with E-state index in [1.54, 1.807) is 7.11 Å². The van der Waals surface area contributed by atoms with Gasteiger partial charge in [-0.2, -0.15) is 0 Å². The Labute approximate surface area is 184 Å². The minimum atomic E-state index is 0.304. The first kappa shape index (κ1) is 22.3. The molecule has 160 valence electrons. The highest BCUT2D eigenvalue weighted by atomic mass is 35.5. The fourth-order valence-corrected chi connectivity index (χ4v) is 3.71. The highest BCUT2D eigenvalue weighted by molar-refractivity contribution is 6.31. The van der Waals surface area contributed by atoms with Crippen LogP contribution in [0, 0.1) is 0 Å². The van der Waals surface area contributed by atoms with Gasteiger partial charge in [0.15, 0.2) is 5.82 Å². The summed E-state index contributed by atoms with van der Waals surface area (Å²) in [4.78, 5) is 12.1. The summed E-state index contributed by atoms with van der Waals surface area (Å²) in [5.74, 6) is 2.32. The van der Waals surface area contributed by atoms with E-state index >= 15 is 0 Å². The fourth-order valence-electron chi connectivity index (χ4n) is 3.55. The molecule has 0 unspecified atom stereocenters. The number of ether oxygens (including phenoxy) is 1. The molecule has 0 aliphatic rings. The van der Waals surface area contributed by atoms with Crippen molar-refractivity contribution >= 4 is 28.3 Å². The number of nitrogens with zero attached hydrogens (tertiary/aromatic N) is 3. The molecular weight excluding hydrogens is 396 g/mol. The average molecular weight is 427 g/mol. The lowest BCUT2D eigenvalue weighted by molar-refractivity contribution is 0.295. The quantitative estimate of drug-likeness (QED) is 0.438. The molecule has 0 fully saturated rings. The van der Waals surface area contributed by atoms with E-state index in [1.807, 2.05) is 42.5 Å². The van der Waals surface area contributed by atoms with E-state index < -0.39 is 0 Å². The van der Waals surface area contributed by atoms with Crippen LogP contribution in [0.3, 0.4) is 0 Å². The van der Waals surface area contributed by atoms with Crippen molar-refractivity contribution in [1.29, 1.82) is 0 Å². The van der Waals surface area contributed by atoms with Crippen molar-refractivity contribution in [3.05, 3.63) is 47.5 Å². The van der Waals surface area contributed by atoms with Crippen LogP contribution >= 0.6 is 11.6 Å². The normalized spacial score (nSPS) is 12.3. The molecule has 1 atom stereocenters. The number of methoxy groups -OCH3 is 1. The Morgan fingerprint density at radius 1 is 1.07 bits per heavy atom. The molecule has 1 aromatic heterocycles. The summed E-state index contributed by atoms with van der Waals surface area (Å²) < 4.78 is 5.26. The number of benzene rings is 2. The summed E-state index contributed by atoms with van der Waals surface area (Å²) in [6.45, 7) is 9.95. The number of anilines is 1. The van der Waals surface area contributed by atoms with Gasteiger partial charge in [0.05, 0.1) is 12.6 Å². The van der Waals surface area contributed by atoms with Gasteiger partial charge in [-0.25, -0.2) is 9.97 Å². The standard InChI is InChI=1S/C24H31ClN4O/c1-5-29(6-2)15-7-8-17(3)26-24-21-14-11-19(25)16-22(21)27-23(28-24)18-9-12-20(30-4)13-10-18/h9-14,16-17H,5-8,15H2,1-4H3,(H,26,27,28)/t17-/m1/s1. The van der Waals surface area contributed by atoms with Crippen LogP contribution in [-0.2, 0) is 0 Å². The van der Waals surface area contributed by atoms with Crippen LogP contribution in [-0.4, -0.2) is 47.7 Å². The molecule has 6 heteroatoms. The van der Waals surface area contributed by atoms with E-state index in [9.17, 15) is 0 Å². The van der Waals surface area contributed by atoms with Crippen LogP contribution in [0.4, 0.5) is 5.82 Å². The SMILES string of the molecule is CCN(CC)CCC[C@@H](C)Nc1nc(-c2ccc(OC)cc2)nc2cc(Cl)ccc12. The molecule has 0 radical (unpaired) electrons. The third-order valence-corrected chi connectivity index (χ3v) is 5.63. The molecule has 3 aromatic rings. The van der Waals surface area contributed by atoms with E-state index in [-0.39, 0.29) is 0 Å².